The first-order chi connectivity index (χ1) is 12.6. The number of methoxy groups -OCH3 is 1. The van der Waals surface area contributed by atoms with E-state index in [1.807, 2.05) is 35.2 Å². The number of carbonyl (C=O) groups is 2. The summed E-state index contributed by atoms with van der Waals surface area (Å²) in [7, 11) is 1.67. The third kappa shape index (κ3) is 4.64. The summed E-state index contributed by atoms with van der Waals surface area (Å²) < 4.78 is 5.56. The van der Waals surface area contributed by atoms with Gasteiger partial charge in [-0.1, -0.05) is 30.3 Å². The topological polar surface area (TPSA) is 58.6 Å². The molecule has 1 N–H and O–H groups in total. The molecule has 0 radical (unpaired) electrons. The molecule has 1 aliphatic heterocycles. The molecule has 1 atom stereocenters. The molecule has 142 valence electrons. The highest BCUT2D eigenvalue weighted by Crippen LogP contribution is 2.37. The van der Waals surface area contributed by atoms with Gasteiger partial charge in [-0.05, 0) is 44.1 Å². The number of nitrogens with one attached hydrogen (secondary N) is 1. The SMILES string of the molecule is COC1(CC(=O)N[C@@H](Cc2ccccc2)C(=O)N2CCCCC2)CCC1. The number of carbonyl (C=O) groups excluding carboxylic acids is 2. The Morgan fingerprint density at radius 1 is 1.12 bits per heavy atom. The number of hydrogen-bond donors (Lipinski definition) is 1. The van der Waals surface area contributed by atoms with Crippen molar-refractivity contribution in [3.8, 4) is 0 Å². The zero-order chi connectivity index (χ0) is 18.4. The van der Waals surface area contributed by atoms with Crippen molar-refractivity contribution in [2.75, 3.05) is 20.2 Å². The summed E-state index contributed by atoms with van der Waals surface area (Å²) in [4.78, 5) is 27.6. The van der Waals surface area contributed by atoms with Crippen LogP contribution in [0.15, 0.2) is 30.3 Å². The zero-order valence-corrected chi connectivity index (χ0v) is 15.7. The van der Waals surface area contributed by atoms with Crippen LogP contribution in [0.5, 0.6) is 0 Å². The molecule has 1 aliphatic carbocycles. The maximum absolute atomic E-state index is 13.0. The Labute approximate surface area is 156 Å². The number of benzene rings is 1. The molecule has 2 aliphatic rings. The van der Waals surface area contributed by atoms with Gasteiger partial charge in [-0.3, -0.25) is 9.59 Å². The van der Waals surface area contributed by atoms with Crippen LogP contribution in [0.1, 0.15) is 50.5 Å². The number of amides is 2. The molecular weight excluding hydrogens is 328 g/mol. The molecule has 0 bridgehead atoms. The third-order valence-electron chi connectivity index (χ3n) is 5.76. The quantitative estimate of drug-likeness (QED) is 0.815. The molecule has 0 aromatic heterocycles. The number of likely N-dealkylation sites (tertiary alicyclic amines) is 1. The highest BCUT2D eigenvalue weighted by Gasteiger charge is 2.40. The summed E-state index contributed by atoms with van der Waals surface area (Å²) in [5.41, 5.74) is 0.739. The van der Waals surface area contributed by atoms with E-state index < -0.39 is 6.04 Å². The molecule has 2 fully saturated rings. The Bertz CT molecular complexity index is 601. The van der Waals surface area contributed by atoms with Crippen LogP contribution < -0.4 is 5.32 Å². The zero-order valence-electron chi connectivity index (χ0n) is 15.7. The molecule has 0 unspecified atom stereocenters. The molecule has 3 rings (SSSR count). The first-order valence-electron chi connectivity index (χ1n) is 9.79. The lowest BCUT2D eigenvalue weighted by molar-refractivity contribution is -0.141. The Morgan fingerprint density at radius 3 is 2.38 bits per heavy atom. The van der Waals surface area contributed by atoms with Crippen LogP contribution >= 0.6 is 0 Å². The van der Waals surface area contributed by atoms with Gasteiger partial charge < -0.3 is 15.0 Å². The minimum absolute atomic E-state index is 0.0435. The summed E-state index contributed by atoms with van der Waals surface area (Å²) in [5, 5.41) is 3.01. The van der Waals surface area contributed by atoms with Gasteiger partial charge in [0.15, 0.2) is 0 Å². The maximum Gasteiger partial charge on any atom is 0.245 e. The molecule has 1 heterocycles. The smallest absolute Gasteiger partial charge is 0.245 e. The fourth-order valence-electron chi connectivity index (χ4n) is 3.95. The summed E-state index contributed by atoms with van der Waals surface area (Å²) >= 11 is 0. The second kappa shape index (κ2) is 8.67. The van der Waals surface area contributed by atoms with E-state index >= 15 is 0 Å². The lowest BCUT2D eigenvalue weighted by atomic mass is 9.77. The van der Waals surface area contributed by atoms with Crippen molar-refractivity contribution in [2.45, 2.75) is 63.0 Å². The highest BCUT2D eigenvalue weighted by molar-refractivity contribution is 5.88. The van der Waals surface area contributed by atoms with Gasteiger partial charge in [0.05, 0.1) is 12.0 Å². The minimum atomic E-state index is -0.503. The van der Waals surface area contributed by atoms with Crippen LogP contribution in [-0.2, 0) is 20.7 Å². The number of nitrogens with zero attached hydrogens (tertiary/aromatic N) is 1. The second-order valence-corrected chi connectivity index (χ2v) is 7.61. The van der Waals surface area contributed by atoms with Gasteiger partial charge in [0.25, 0.3) is 0 Å². The lowest BCUT2D eigenvalue weighted by Crippen LogP contribution is -2.53. The third-order valence-corrected chi connectivity index (χ3v) is 5.76. The van der Waals surface area contributed by atoms with E-state index in [4.69, 9.17) is 4.74 Å². The summed E-state index contributed by atoms with van der Waals surface area (Å²) in [6, 6.07) is 9.40. The van der Waals surface area contributed by atoms with E-state index in [1.54, 1.807) is 7.11 Å². The number of ether oxygens (including phenoxy) is 1. The van der Waals surface area contributed by atoms with Gasteiger partial charge in [0.1, 0.15) is 6.04 Å². The normalized spacial score (nSPS) is 20.1. The molecule has 1 saturated heterocycles. The molecule has 1 aromatic rings. The summed E-state index contributed by atoms with van der Waals surface area (Å²) in [6.07, 6.45) is 7.07. The monoisotopic (exact) mass is 358 g/mol. The van der Waals surface area contributed by atoms with Crippen molar-refractivity contribution >= 4 is 11.8 Å². The van der Waals surface area contributed by atoms with Gasteiger partial charge in [-0.25, -0.2) is 0 Å². The van der Waals surface area contributed by atoms with Crippen LogP contribution in [0.3, 0.4) is 0 Å². The van der Waals surface area contributed by atoms with E-state index in [0.717, 1.165) is 50.8 Å². The van der Waals surface area contributed by atoms with Gasteiger partial charge in [-0.15, -0.1) is 0 Å². The molecule has 2 amide bonds. The van der Waals surface area contributed by atoms with Crippen molar-refractivity contribution in [3.05, 3.63) is 35.9 Å². The van der Waals surface area contributed by atoms with Gasteiger partial charge >= 0.3 is 0 Å². The van der Waals surface area contributed by atoms with Crippen LogP contribution in [0.2, 0.25) is 0 Å². The summed E-state index contributed by atoms with van der Waals surface area (Å²) in [6.45, 7) is 1.59. The van der Waals surface area contributed by atoms with Crippen molar-refractivity contribution in [3.63, 3.8) is 0 Å². The van der Waals surface area contributed by atoms with Crippen molar-refractivity contribution in [1.82, 2.24) is 10.2 Å². The Kier molecular flexibility index (Phi) is 6.30. The fraction of sp³-hybridized carbons (Fsp3) is 0.619. The molecular formula is C21H30N2O3. The average Bonchev–Trinajstić information content (AvgIpc) is 2.65. The van der Waals surface area contributed by atoms with Crippen LogP contribution in [0, 0.1) is 0 Å². The first-order valence-corrected chi connectivity index (χ1v) is 9.79. The summed E-state index contributed by atoms with van der Waals surface area (Å²) in [5.74, 6) is -0.0418. The second-order valence-electron chi connectivity index (χ2n) is 7.61. The van der Waals surface area contributed by atoms with Gasteiger partial charge in [0, 0.05) is 26.6 Å². The fourth-order valence-corrected chi connectivity index (χ4v) is 3.95. The first kappa shape index (κ1) is 18.9. The Hall–Kier alpha value is -1.88. The lowest BCUT2D eigenvalue weighted by Gasteiger charge is -2.40. The van der Waals surface area contributed by atoms with E-state index in [-0.39, 0.29) is 17.4 Å². The van der Waals surface area contributed by atoms with Gasteiger partial charge in [-0.2, -0.15) is 0 Å². The molecule has 1 aromatic carbocycles. The van der Waals surface area contributed by atoms with Crippen LogP contribution in [-0.4, -0.2) is 48.6 Å². The van der Waals surface area contributed by atoms with Crippen molar-refractivity contribution in [1.29, 1.82) is 0 Å². The van der Waals surface area contributed by atoms with Crippen LogP contribution in [0.25, 0.3) is 0 Å². The molecule has 26 heavy (non-hydrogen) atoms. The predicted molar refractivity (Wildman–Crippen MR) is 101 cm³/mol. The van der Waals surface area contributed by atoms with E-state index in [0.29, 0.717) is 12.8 Å². The molecule has 5 nitrogen and oxygen atoms in total. The number of rotatable bonds is 7. The van der Waals surface area contributed by atoms with E-state index in [1.165, 1.54) is 6.42 Å². The van der Waals surface area contributed by atoms with Gasteiger partial charge in [0.2, 0.25) is 11.8 Å². The predicted octanol–water partition coefficient (Wildman–Crippen LogP) is 2.69. The number of piperidine rings is 1. The highest BCUT2D eigenvalue weighted by atomic mass is 16.5. The van der Waals surface area contributed by atoms with E-state index in [2.05, 4.69) is 5.32 Å². The van der Waals surface area contributed by atoms with Crippen molar-refractivity contribution in [2.24, 2.45) is 0 Å². The standard InChI is InChI=1S/C21H30N2O3/c1-26-21(11-8-12-21)16-19(24)22-18(15-17-9-4-2-5-10-17)20(25)23-13-6-3-7-14-23/h2,4-5,9-10,18H,3,6-8,11-16H2,1H3,(H,22,24)/t18-/m0/s1. The number of hydrogen-bond acceptors (Lipinski definition) is 3. The largest absolute Gasteiger partial charge is 0.378 e. The Morgan fingerprint density at radius 2 is 1.81 bits per heavy atom. The molecule has 0 spiro atoms. The average molecular weight is 358 g/mol. The van der Waals surface area contributed by atoms with Crippen molar-refractivity contribution < 1.29 is 14.3 Å². The molecule has 5 heteroatoms. The minimum Gasteiger partial charge on any atom is -0.378 e. The van der Waals surface area contributed by atoms with Crippen LogP contribution in [0.4, 0.5) is 0 Å². The van der Waals surface area contributed by atoms with E-state index in [9.17, 15) is 9.59 Å². The molecule has 1 saturated carbocycles. The Balaban J connectivity index is 1.67. The maximum atomic E-state index is 13.0.